The molecular weight excluding hydrogens is 277 g/mol. The van der Waals surface area contributed by atoms with Crippen molar-refractivity contribution in [1.29, 1.82) is 0 Å². The summed E-state index contributed by atoms with van der Waals surface area (Å²) in [6.07, 6.45) is 0. The van der Waals surface area contributed by atoms with Crippen LogP contribution in [0.5, 0.6) is 0 Å². The number of carbonyl (C=O) groups is 1. The Morgan fingerprint density at radius 2 is 2.21 bits per heavy atom. The molecule has 0 unspecified atom stereocenters. The van der Waals surface area contributed by atoms with E-state index in [0.717, 1.165) is 20.5 Å². The van der Waals surface area contributed by atoms with Crippen LogP contribution in [-0.4, -0.2) is 11.0 Å². The molecule has 0 spiro atoms. The van der Waals surface area contributed by atoms with Crippen LogP contribution in [0, 0.1) is 0 Å². The Hall–Kier alpha value is 0.0600. The zero-order valence-corrected chi connectivity index (χ0v) is 11.7. The van der Waals surface area contributed by atoms with Gasteiger partial charge >= 0.3 is 29.6 Å². The summed E-state index contributed by atoms with van der Waals surface area (Å²) in [6.45, 7) is 0. The Morgan fingerprint density at radius 3 is 2.86 bits per heavy atom. The maximum Gasteiger partial charge on any atom is 1.00 e. The fraction of sp³-hybridized carbons (Fsp3) is 0. The van der Waals surface area contributed by atoms with Crippen molar-refractivity contribution < 1.29 is 39.5 Å². The van der Waals surface area contributed by atoms with E-state index in [1.807, 2.05) is 12.1 Å². The molecule has 0 bridgehead atoms. The van der Waals surface area contributed by atoms with Crippen LogP contribution in [0.1, 0.15) is 9.80 Å². The Morgan fingerprint density at radius 1 is 1.50 bits per heavy atom. The average Bonchev–Trinajstić information content (AvgIpc) is 2.46. The van der Waals surface area contributed by atoms with Crippen molar-refractivity contribution in [1.82, 2.24) is 4.98 Å². The van der Waals surface area contributed by atoms with Gasteiger partial charge in [0.2, 0.25) is 0 Å². The maximum absolute atomic E-state index is 10.5. The summed E-state index contributed by atoms with van der Waals surface area (Å²) in [5.41, 5.74) is 0.679. The molecule has 14 heavy (non-hydrogen) atoms. The summed E-state index contributed by atoms with van der Waals surface area (Å²) in [5.74, 6) is -1.22. The third kappa shape index (κ3) is 2.35. The predicted octanol–water partition coefficient (Wildman–Crippen LogP) is -1.57. The number of thiazole rings is 1. The molecule has 0 radical (unpaired) electrons. The molecule has 2 rings (SSSR count). The summed E-state index contributed by atoms with van der Waals surface area (Å²) >= 11 is 4.40. The van der Waals surface area contributed by atoms with E-state index in [9.17, 15) is 9.90 Å². The second kappa shape index (κ2) is 4.72. The number of aromatic carboxylic acids is 1. The standard InChI is InChI=1S/C8H4BrNO2S.Na/c9-4-1-2-6-5(3-4)10-7(13-6)8(11)12;/h1-3H,(H,11,12);/q;+1/p-1. The molecule has 1 heterocycles. The molecule has 3 nitrogen and oxygen atoms in total. The number of halogens is 1. The first kappa shape index (κ1) is 12.1. The zero-order chi connectivity index (χ0) is 9.42. The molecule has 0 atom stereocenters. The number of hydrogen-bond donors (Lipinski definition) is 0. The SMILES string of the molecule is O=C([O-])c1nc2cc(Br)ccc2s1.[Na+]. The topological polar surface area (TPSA) is 53.0 Å². The molecular formula is C8H3BrNNaO2S. The number of nitrogens with zero attached hydrogens (tertiary/aromatic N) is 1. The van der Waals surface area contributed by atoms with Crippen molar-refractivity contribution in [2.24, 2.45) is 0 Å². The molecule has 1 aromatic heterocycles. The quantitative estimate of drug-likeness (QED) is 0.593. The Balaban J connectivity index is 0.000000980. The van der Waals surface area contributed by atoms with Crippen LogP contribution in [0.4, 0.5) is 0 Å². The maximum atomic E-state index is 10.5. The van der Waals surface area contributed by atoms with Crippen molar-refractivity contribution in [3.8, 4) is 0 Å². The fourth-order valence-corrected chi connectivity index (χ4v) is 2.12. The minimum Gasteiger partial charge on any atom is -0.542 e. The minimum absolute atomic E-state index is 0. The van der Waals surface area contributed by atoms with Crippen LogP contribution >= 0.6 is 27.3 Å². The first-order chi connectivity index (χ1) is 6.16. The minimum atomic E-state index is -1.22. The predicted molar refractivity (Wildman–Crippen MR) is 51.7 cm³/mol. The molecule has 0 aliphatic heterocycles. The van der Waals surface area contributed by atoms with Crippen LogP contribution in [0.25, 0.3) is 10.2 Å². The molecule has 0 saturated carbocycles. The number of fused-ring (bicyclic) bond motifs is 1. The number of carboxylic acids is 1. The Kier molecular flexibility index (Phi) is 4.09. The van der Waals surface area contributed by atoms with Crippen LogP contribution in [0.3, 0.4) is 0 Å². The molecule has 2 aromatic rings. The first-order valence-corrected chi connectivity index (χ1v) is 5.05. The second-order valence-electron chi connectivity index (χ2n) is 2.42. The van der Waals surface area contributed by atoms with Gasteiger partial charge in [-0.05, 0) is 18.2 Å². The molecule has 0 aliphatic carbocycles. The average molecular weight is 280 g/mol. The number of aromatic nitrogens is 1. The van der Waals surface area contributed by atoms with Gasteiger partial charge in [-0.15, -0.1) is 11.3 Å². The van der Waals surface area contributed by atoms with E-state index in [0.29, 0.717) is 5.52 Å². The number of carboxylic acid groups (broad SMARTS) is 1. The Labute approximate surface area is 115 Å². The van der Waals surface area contributed by atoms with Crippen molar-refractivity contribution in [2.45, 2.75) is 0 Å². The molecule has 66 valence electrons. The van der Waals surface area contributed by atoms with Gasteiger partial charge in [-0.25, -0.2) is 4.98 Å². The van der Waals surface area contributed by atoms with Crippen LogP contribution in [-0.2, 0) is 0 Å². The Bertz CT molecular complexity index is 485. The van der Waals surface area contributed by atoms with E-state index in [1.54, 1.807) is 6.07 Å². The van der Waals surface area contributed by atoms with Gasteiger partial charge in [0.1, 0.15) is 11.0 Å². The van der Waals surface area contributed by atoms with Crippen molar-refractivity contribution in [3.05, 3.63) is 27.7 Å². The van der Waals surface area contributed by atoms with Gasteiger partial charge in [0, 0.05) is 4.47 Å². The van der Waals surface area contributed by atoms with Gasteiger partial charge in [0.25, 0.3) is 0 Å². The molecule has 1 aromatic carbocycles. The van der Waals surface area contributed by atoms with Gasteiger partial charge in [-0.3, -0.25) is 0 Å². The third-order valence-corrected chi connectivity index (χ3v) is 3.03. The summed E-state index contributed by atoms with van der Waals surface area (Å²) < 4.78 is 1.73. The molecule has 0 saturated heterocycles. The van der Waals surface area contributed by atoms with Crippen molar-refractivity contribution >= 4 is 43.5 Å². The largest absolute Gasteiger partial charge is 1.00 e. The summed E-state index contributed by atoms with van der Waals surface area (Å²) in [6, 6.07) is 5.45. The smallest absolute Gasteiger partial charge is 0.542 e. The van der Waals surface area contributed by atoms with Gasteiger partial charge in [-0.1, -0.05) is 15.9 Å². The number of hydrogen-bond acceptors (Lipinski definition) is 4. The molecule has 6 heteroatoms. The van der Waals surface area contributed by atoms with Gasteiger partial charge in [-0.2, -0.15) is 0 Å². The van der Waals surface area contributed by atoms with E-state index in [2.05, 4.69) is 20.9 Å². The summed E-state index contributed by atoms with van der Waals surface area (Å²) in [5, 5.41) is 10.5. The van der Waals surface area contributed by atoms with Gasteiger partial charge < -0.3 is 9.90 Å². The monoisotopic (exact) mass is 279 g/mol. The van der Waals surface area contributed by atoms with Crippen LogP contribution in [0.2, 0.25) is 0 Å². The van der Waals surface area contributed by atoms with Crippen molar-refractivity contribution in [3.63, 3.8) is 0 Å². The van der Waals surface area contributed by atoms with Gasteiger partial charge in [0.15, 0.2) is 0 Å². The van der Waals surface area contributed by atoms with Crippen molar-refractivity contribution in [2.75, 3.05) is 0 Å². The third-order valence-electron chi connectivity index (χ3n) is 1.52. The van der Waals surface area contributed by atoms with E-state index >= 15 is 0 Å². The van der Waals surface area contributed by atoms with E-state index in [-0.39, 0.29) is 34.6 Å². The number of benzene rings is 1. The van der Waals surface area contributed by atoms with E-state index in [4.69, 9.17) is 0 Å². The van der Waals surface area contributed by atoms with Crippen LogP contribution in [0.15, 0.2) is 22.7 Å². The number of rotatable bonds is 1. The van der Waals surface area contributed by atoms with Gasteiger partial charge in [0.05, 0.1) is 10.2 Å². The second-order valence-corrected chi connectivity index (χ2v) is 4.36. The normalized spacial score (nSPS) is 9.79. The summed E-state index contributed by atoms with van der Waals surface area (Å²) in [4.78, 5) is 14.4. The molecule has 0 fully saturated rings. The van der Waals surface area contributed by atoms with E-state index in [1.165, 1.54) is 0 Å². The number of carbonyl (C=O) groups excluding carboxylic acids is 1. The zero-order valence-electron chi connectivity index (χ0n) is 7.28. The molecule has 0 amide bonds. The van der Waals surface area contributed by atoms with E-state index < -0.39 is 5.97 Å². The first-order valence-electron chi connectivity index (χ1n) is 3.44. The fourth-order valence-electron chi connectivity index (χ4n) is 0.988. The molecule has 0 N–H and O–H groups in total. The molecule has 0 aliphatic rings. The van der Waals surface area contributed by atoms with Crippen LogP contribution < -0.4 is 34.7 Å². The summed E-state index contributed by atoms with van der Waals surface area (Å²) in [7, 11) is 0.